The number of hydrogen-bond acceptors (Lipinski definition) is 4. The standard InChI is InChI=1S/C26H22F4N4O3/c27-20-9-16(12-31)3-8-21(20)33-14-22(35)34(13-15-1-4-18(5-2-15)26(28,29)30)25(24(33)37)10-17(11-25)23(36)32-19-6-7-19/h1-5,8-9,17,19H,6-7,10-11,13-14H2,(H,32,36)/t17-,25+. The molecular weight excluding hydrogens is 492 g/mol. The van der Waals surface area contributed by atoms with Crippen molar-refractivity contribution in [3.05, 3.63) is 65.0 Å². The molecule has 2 saturated carbocycles. The largest absolute Gasteiger partial charge is 0.416 e. The van der Waals surface area contributed by atoms with Gasteiger partial charge in [-0.1, -0.05) is 12.1 Å². The van der Waals surface area contributed by atoms with Crippen LogP contribution in [0, 0.1) is 23.1 Å². The van der Waals surface area contributed by atoms with Gasteiger partial charge >= 0.3 is 6.18 Å². The molecule has 1 saturated heterocycles. The number of rotatable bonds is 5. The first-order valence-corrected chi connectivity index (χ1v) is 11.8. The summed E-state index contributed by atoms with van der Waals surface area (Å²) in [6.07, 6.45) is -2.71. The number of carbonyl (C=O) groups excluding carboxylic acids is 3. The molecule has 2 aromatic rings. The molecule has 3 amide bonds. The number of nitrogens with one attached hydrogen (secondary N) is 1. The van der Waals surface area contributed by atoms with Gasteiger partial charge in [0.1, 0.15) is 17.9 Å². The molecule has 3 aliphatic rings. The van der Waals surface area contributed by atoms with Crippen LogP contribution in [0.3, 0.4) is 0 Å². The number of anilines is 1. The van der Waals surface area contributed by atoms with Crippen LogP contribution in [0.2, 0.25) is 0 Å². The third-order valence-electron chi connectivity index (χ3n) is 7.21. The number of piperazine rings is 1. The van der Waals surface area contributed by atoms with Crippen LogP contribution < -0.4 is 10.2 Å². The number of nitrogens with zero attached hydrogens (tertiary/aromatic N) is 3. The lowest BCUT2D eigenvalue weighted by Crippen LogP contribution is -2.73. The van der Waals surface area contributed by atoms with Gasteiger partial charge in [0.2, 0.25) is 11.8 Å². The Morgan fingerprint density at radius 3 is 2.35 bits per heavy atom. The maximum atomic E-state index is 14.8. The molecule has 0 aromatic heterocycles. The van der Waals surface area contributed by atoms with Crippen molar-refractivity contribution in [1.82, 2.24) is 10.2 Å². The van der Waals surface area contributed by atoms with Crippen molar-refractivity contribution in [1.29, 1.82) is 5.26 Å². The molecule has 5 rings (SSSR count). The topological polar surface area (TPSA) is 93.5 Å². The van der Waals surface area contributed by atoms with Crippen LogP contribution >= 0.6 is 0 Å². The zero-order valence-corrected chi connectivity index (χ0v) is 19.5. The monoisotopic (exact) mass is 514 g/mol. The fourth-order valence-electron chi connectivity index (χ4n) is 4.99. The van der Waals surface area contributed by atoms with E-state index in [2.05, 4.69) is 5.32 Å². The summed E-state index contributed by atoms with van der Waals surface area (Å²) in [6, 6.07) is 9.80. The average molecular weight is 514 g/mol. The average Bonchev–Trinajstić information content (AvgIpc) is 3.64. The SMILES string of the molecule is N#Cc1ccc(N2CC(=O)N(Cc3ccc(C(F)(F)F)cc3)[C@]3(C[C@@H](C(=O)NC4CC4)C3)C2=O)c(F)c1. The van der Waals surface area contributed by atoms with Gasteiger partial charge in [-0.25, -0.2) is 4.39 Å². The first kappa shape index (κ1) is 24.7. The molecule has 0 bridgehead atoms. The number of nitriles is 1. The number of carbonyl (C=O) groups is 3. The van der Waals surface area contributed by atoms with E-state index in [0.717, 1.165) is 35.9 Å². The Kier molecular flexibility index (Phi) is 5.93. The van der Waals surface area contributed by atoms with Crippen LogP contribution in [-0.4, -0.2) is 40.7 Å². The second kappa shape index (κ2) is 8.87. The zero-order chi connectivity index (χ0) is 26.5. The van der Waals surface area contributed by atoms with E-state index in [9.17, 15) is 31.9 Å². The van der Waals surface area contributed by atoms with Crippen molar-refractivity contribution >= 4 is 23.4 Å². The lowest BCUT2D eigenvalue weighted by atomic mass is 9.64. The molecule has 37 heavy (non-hydrogen) atoms. The molecule has 2 aliphatic carbocycles. The van der Waals surface area contributed by atoms with Gasteiger partial charge in [0, 0.05) is 18.5 Å². The first-order chi connectivity index (χ1) is 17.5. The highest BCUT2D eigenvalue weighted by Gasteiger charge is 2.61. The molecular formula is C26H22F4N4O3. The number of benzene rings is 2. The van der Waals surface area contributed by atoms with E-state index in [-0.39, 0.29) is 42.6 Å². The van der Waals surface area contributed by atoms with E-state index in [1.54, 1.807) is 0 Å². The third-order valence-corrected chi connectivity index (χ3v) is 7.21. The predicted octanol–water partition coefficient (Wildman–Crippen LogP) is 3.52. The Labute approximate surface area is 209 Å². The summed E-state index contributed by atoms with van der Waals surface area (Å²) in [5, 5.41) is 11.9. The molecule has 7 nitrogen and oxygen atoms in total. The first-order valence-electron chi connectivity index (χ1n) is 11.8. The fraction of sp³-hybridized carbons (Fsp3) is 0.385. The van der Waals surface area contributed by atoms with Crippen molar-refractivity contribution in [2.24, 2.45) is 5.92 Å². The maximum absolute atomic E-state index is 14.8. The van der Waals surface area contributed by atoms with Crippen molar-refractivity contribution in [3.63, 3.8) is 0 Å². The molecule has 0 atom stereocenters. The summed E-state index contributed by atoms with van der Waals surface area (Å²) >= 11 is 0. The van der Waals surface area contributed by atoms with Gasteiger partial charge in [-0.3, -0.25) is 19.3 Å². The van der Waals surface area contributed by atoms with E-state index in [4.69, 9.17) is 5.26 Å². The fourth-order valence-corrected chi connectivity index (χ4v) is 4.99. The van der Waals surface area contributed by atoms with Crippen molar-refractivity contribution in [2.75, 3.05) is 11.4 Å². The van der Waals surface area contributed by atoms with Crippen molar-refractivity contribution < 1.29 is 31.9 Å². The smallest absolute Gasteiger partial charge is 0.353 e. The molecule has 1 heterocycles. The van der Waals surface area contributed by atoms with Gasteiger partial charge in [0.05, 0.1) is 22.9 Å². The summed E-state index contributed by atoms with van der Waals surface area (Å²) in [5.74, 6) is -2.68. The lowest BCUT2D eigenvalue weighted by Gasteiger charge is -2.56. The number of hydrogen-bond donors (Lipinski definition) is 1. The Bertz CT molecular complexity index is 1310. The van der Waals surface area contributed by atoms with Gasteiger partial charge in [-0.15, -0.1) is 0 Å². The molecule has 192 valence electrons. The van der Waals surface area contributed by atoms with Crippen LogP contribution in [0.5, 0.6) is 0 Å². The second-order valence-corrected chi connectivity index (χ2v) is 9.76. The van der Waals surface area contributed by atoms with Crippen LogP contribution in [0.25, 0.3) is 0 Å². The highest BCUT2D eigenvalue weighted by molar-refractivity contribution is 6.10. The van der Waals surface area contributed by atoms with E-state index < -0.39 is 47.4 Å². The number of amides is 3. The quantitative estimate of drug-likeness (QED) is 0.618. The second-order valence-electron chi connectivity index (χ2n) is 9.76. The maximum Gasteiger partial charge on any atom is 0.416 e. The van der Waals surface area contributed by atoms with Gasteiger partial charge in [-0.2, -0.15) is 18.4 Å². The summed E-state index contributed by atoms with van der Waals surface area (Å²) in [6.45, 7) is -0.619. The molecule has 2 aromatic carbocycles. The number of halogens is 4. The molecule has 0 unspecified atom stereocenters. The van der Waals surface area contributed by atoms with Gasteiger partial charge in [-0.05, 0) is 61.6 Å². The normalized spacial score (nSPS) is 23.6. The van der Waals surface area contributed by atoms with Crippen LogP contribution in [0.1, 0.15) is 42.4 Å². The minimum Gasteiger partial charge on any atom is -0.353 e. The van der Waals surface area contributed by atoms with Gasteiger partial charge in [0.25, 0.3) is 5.91 Å². The summed E-state index contributed by atoms with van der Waals surface area (Å²) in [7, 11) is 0. The van der Waals surface area contributed by atoms with Crippen LogP contribution in [0.4, 0.5) is 23.2 Å². The molecule has 11 heteroatoms. The van der Waals surface area contributed by atoms with Gasteiger partial charge in [0.15, 0.2) is 0 Å². The lowest BCUT2D eigenvalue weighted by molar-refractivity contribution is -0.165. The molecule has 0 radical (unpaired) electrons. The zero-order valence-electron chi connectivity index (χ0n) is 19.5. The minimum absolute atomic E-state index is 0.0190. The summed E-state index contributed by atoms with van der Waals surface area (Å²) in [5.41, 5.74) is -2.00. The molecule has 1 N–H and O–H groups in total. The Morgan fingerprint density at radius 2 is 1.78 bits per heavy atom. The van der Waals surface area contributed by atoms with Crippen LogP contribution in [-0.2, 0) is 27.1 Å². The molecule has 1 aliphatic heterocycles. The Balaban J connectivity index is 1.44. The van der Waals surface area contributed by atoms with E-state index in [0.29, 0.717) is 5.56 Å². The third kappa shape index (κ3) is 4.52. The van der Waals surface area contributed by atoms with Gasteiger partial charge < -0.3 is 10.2 Å². The van der Waals surface area contributed by atoms with Crippen molar-refractivity contribution in [2.45, 2.75) is 50.0 Å². The van der Waals surface area contributed by atoms with Crippen LogP contribution in [0.15, 0.2) is 42.5 Å². The minimum atomic E-state index is -4.52. The predicted molar refractivity (Wildman–Crippen MR) is 122 cm³/mol. The highest BCUT2D eigenvalue weighted by Crippen LogP contribution is 2.48. The highest BCUT2D eigenvalue weighted by atomic mass is 19.4. The molecule has 1 spiro atoms. The van der Waals surface area contributed by atoms with E-state index in [1.165, 1.54) is 29.2 Å². The van der Waals surface area contributed by atoms with E-state index in [1.807, 2.05) is 6.07 Å². The summed E-state index contributed by atoms with van der Waals surface area (Å²) < 4.78 is 53.7. The van der Waals surface area contributed by atoms with Crippen molar-refractivity contribution in [3.8, 4) is 6.07 Å². The number of alkyl halides is 3. The Hall–Kier alpha value is -3.94. The molecule has 3 fully saturated rings. The summed E-state index contributed by atoms with van der Waals surface area (Å²) in [4.78, 5) is 42.1. The van der Waals surface area contributed by atoms with E-state index >= 15 is 0 Å². The Morgan fingerprint density at radius 1 is 1.11 bits per heavy atom.